The van der Waals surface area contributed by atoms with Crippen LogP contribution in [0.15, 0.2) is 12.1 Å². The average Bonchev–Trinajstić information content (AvgIpc) is 2.01. The zero-order valence-electron chi connectivity index (χ0n) is 7.50. The molecule has 0 unspecified atom stereocenters. The highest BCUT2D eigenvalue weighted by Crippen LogP contribution is 2.15. The van der Waals surface area contributed by atoms with E-state index in [4.69, 9.17) is 16.9 Å². The van der Waals surface area contributed by atoms with Crippen molar-refractivity contribution in [2.24, 2.45) is 0 Å². The van der Waals surface area contributed by atoms with Crippen molar-refractivity contribution in [3.05, 3.63) is 22.8 Å². The number of hydrogen-bond acceptors (Lipinski definition) is 3. The van der Waals surface area contributed by atoms with Crippen molar-refractivity contribution in [2.45, 2.75) is 19.9 Å². The molecule has 0 amide bonds. The SMILES string of the molecule is CC(C)Nc1cc(Cl)cc(C#N)n1. The van der Waals surface area contributed by atoms with E-state index in [2.05, 4.69) is 10.3 Å². The van der Waals surface area contributed by atoms with Crippen LogP contribution in [0.5, 0.6) is 0 Å². The van der Waals surface area contributed by atoms with Crippen LogP contribution in [0.25, 0.3) is 0 Å². The van der Waals surface area contributed by atoms with Crippen LogP contribution in [0.2, 0.25) is 5.02 Å². The van der Waals surface area contributed by atoms with E-state index in [-0.39, 0.29) is 6.04 Å². The fourth-order valence-electron chi connectivity index (χ4n) is 0.924. The molecule has 13 heavy (non-hydrogen) atoms. The highest BCUT2D eigenvalue weighted by atomic mass is 35.5. The molecule has 0 aliphatic heterocycles. The smallest absolute Gasteiger partial charge is 0.144 e. The topological polar surface area (TPSA) is 48.7 Å². The summed E-state index contributed by atoms with van der Waals surface area (Å²) in [6.45, 7) is 3.99. The molecule has 4 heteroatoms. The lowest BCUT2D eigenvalue weighted by atomic mass is 10.3. The summed E-state index contributed by atoms with van der Waals surface area (Å²) in [5.41, 5.74) is 0.329. The summed E-state index contributed by atoms with van der Waals surface area (Å²) in [6, 6.07) is 5.45. The van der Waals surface area contributed by atoms with Gasteiger partial charge in [-0.1, -0.05) is 11.6 Å². The fraction of sp³-hybridized carbons (Fsp3) is 0.333. The van der Waals surface area contributed by atoms with Crippen molar-refractivity contribution in [1.29, 1.82) is 5.26 Å². The van der Waals surface area contributed by atoms with Crippen LogP contribution in [-0.4, -0.2) is 11.0 Å². The largest absolute Gasteiger partial charge is 0.368 e. The van der Waals surface area contributed by atoms with Crippen molar-refractivity contribution in [1.82, 2.24) is 4.98 Å². The normalized spacial score (nSPS) is 9.77. The van der Waals surface area contributed by atoms with Crippen LogP contribution in [0.3, 0.4) is 0 Å². The number of anilines is 1. The van der Waals surface area contributed by atoms with Gasteiger partial charge in [-0.15, -0.1) is 0 Å². The summed E-state index contributed by atoms with van der Waals surface area (Å²) < 4.78 is 0. The Labute approximate surface area is 82.4 Å². The monoisotopic (exact) mass is 195 g/mol. The predicted molar refractivity (Wildman–Crippen MR) is 52.7 cm³/mol. The summed E-state index contributed by atoms with van der Waals surface area (Å²) in [7, 11) is 0. The molecule has 0 atom stereocenters. The molecule has 1 aromatic heterocycles. The van der Waals surface area contributed by atoms with Crippen LogP contribution in [0.1, 0.15) is 19.5 Å². The molecule has 0 fully saturated rings. The van der Waals surface area contributed by atoms with Crippen molar-refractivity contribution < 1.29 is 0 Å². The standard InChI is InChI=1S/C9H10ClN3/c1-6(2)12-9-4-7(10)3-8(5-11)13-9/h3-4,6H,1-2H3,(H,12,13). The third-order valence-corrected chi connectivity index (χ3v) is 1.56. The van der Waals surface area contributed by atoms with Gasteiger partial charge < -0.3 is 5.32 Å². The van der Waals surface area contributed by atoms with E-state index < -0.39 is 0 Å². The Bertz CT molecular complexity index is 341. The van der Waals surface area contributed by atoms with Gasteiger partial charge >= 0.3 is 0 Å². The van der Waals surface area contributed by atoms with E-state index >= 15 is 0 Å². The highest BCUT2D eigenvalue weighted by molar-refractivity contribution is 6.30. The molecule has 1 N–H and O–H groups in total. The van der Waals surface area contributed by atoms with Gasteiger partial charge in [0, 0.05) is 11.1 Å². The number of nitrogens with zero attached hydrogens (tertiary/aromatic N) is 2. The molecule has 3 nitrogen and oxygen atoms in total. The molecule has 1 aromatic rings. The van der Waals surface area contributed by atoms with E-state index in [1.165, 1.54) is 6.07 Å². The summed E-state index contributed by atoms with van der Waals surface area (Å²) in [5, 5.41) is 12.2. The molecular weight excluding hydrogens is 186 g/mol. The summed E-state index contributed by atoms with van der Waals surface area (Å²) in [5.74, 6) is 0.638. The van der Waals surface area contributed by atoms with Gasteiger partial charge in [-0.3, -0.25) is 0 Å². The Morgan fingerprint density at radius 3 is 2.77 bits per heavy atom. The summed E-state index contributed by atoms with van der Waals surface area (Å²) in [6.07, 6.45) is 0. The Hall–Kier alpha value is -1.27. The van der Waals surface area contributed by atoms with Crippen LogP contribution >= 0.6 is 11.6 Å². The number of pyridine rings is 1. The Morgan fingerprint density at radius 1 is 1.54 bits per heavy atom. The van der Waals surface area contributed by atoms with Crippen LogP contribution in [0.4, 0.5) is 5.82 Å². The Balaban J connectivity index is 2.96. The molecule has 1 heterocycles. The molecule has 0 radical (unpaired) electrons. The predicted octanol–water partition coefficient (Wildman–Crippen LogP) is 2.43. The minimum Gasteiger partial charge on any atom is -0.368 e. The van der Waals surface area contributed by atoms with Crippen LogP contribution < -0.4 is 5.32 Å². The molecule has 0 saturated carbocycles. The van der Waals surface area contributed by atoms with E-state index in [0.717, 1.165) is 0 Å². The molecule has 0 bridgehead atoms. The minimum atomic E-state index is 0.275. The zero-order valence-corrected chi connectivity index (χ0v) is 8.26. The van der Waals surface area contributed by atoms with E-state index in [0.29, 0.717) is 16.5 Å². The molecule has 68 valence electrons. The maximum atomic E-state index is 8.62. The van der Waals surface area contributed by atoms with E-state index in [9.17, 15) is 0 Å². The molecule has 0 aliphatic rings. The third kappa shape index (κ3) is 2.92. The van der Waals surface area contributed by atoms with Crippen molar-refractivity contribution >= 4 is 17.4 Å². The maximum absolute atomic E-state index is 8.62. The fourth-order valence-corrected chi connectivity index (χ4v) is 1.13. The first kappa shape index (κ1) is 9.82. The van der Waals surface area contributed by atoms with Gasteiger partial charge in [0.25, 0.3) is 0 Å². The lowest BCUT2D eigenvalue weighted by Crippen LogP contribution is -2.11. The van der Waals surface area contributed by atoms with Gasteiger partial charge in [-0.05, 0) is 26.0 Å². The molecule has 1 rings (SSSR count). The van der Waals surface area contributed by atoms with E-state index in [1.807, 2.05) is 19.9 Å². The van der Waals surface area contributed by atoms with Crippen LogP contribution in [0, 0.1) is 11.3 Å². The number of rotatable bonds is 2. The third-order valence-electron chi connectivity index (χ3n) is 1.34. The van der Waals surface area contributed by atoms with Gasteiger partial charge in [-0.25, -0.2) is 4.98 Å². The van der Waals surface area contributed by atoms with Crippen LogP contribution in [-0.2, 0) is 0 Å². The molecule has 0 aliphatic carbocycles. The number of hydrogen-bond donors (Lipinski definition) is 1. The van der Waals surface area contributed by atoms with Gasteiger partial charge in [0.15, 0.2) is 0 Å². The van der Waals surface area contributed by atoms with Gasteiger partial charge in [-0.2, -0.15) is 5.26 Å². The highest BCUT2D eigenvalue weighted by Gasteiger charge is 2.01. The maximum Gasteiger partial charge on any atom is 0.144 e. The Kier molecular flexibility index (Phi) is 3.10. The second-order valence-corrected chi connectivity index (χ2v) is 3.40. The number of nitriles is 1. The van der Waals surface area contributed by atoms with Gasteiger partial charge in [0.2, 0.25) is 0 Å². The minimum absolute atomic E-state index is 0.275. The second-order valence-electron chi connectivity index (χ2n) is 2.97. The molecular formula is C9H10ClN3. The van der Waals surface area contributed by atoms with Crippen molar-refractivity contribution in [3.63, 3.8) is 0 Å². The zero-order chi connectivity index (χ0) is 9.84. The van der Waals surface area contributed by atoms with Crippen molar-refractivity contribution in [3.8, 4) is 6.07 Å². The summed E-state index contributed by atoms with van der Waals surface area (Å²) >= 11 is 5.78. The molecule has 0 saturated heterocycles. The lowest BCUT2D eigenvalue weighted by Gasteiger charge is -2.08. The molecule has 0 aromatic carbocycles. The number of halogens is 1. The molecule has 0 spiro atoms. The summed E-state index contributed by atoms with van der Waals surface area (Å²) in [4.78, 5) is 4.04. The number of nitrogens with one attached hydrogen (secondary N) is 1. The van der Waals surface area contributed by atoms with Gasteiger partial charge in [0.1, 0.15) is 17.6 Å². The second kappa shape index (κ2) is 4.11. The number of aromatic nitrogens is 1. The van der Waals surface area contributed by atoms with Gasteiger partial charge in [0.05, 0.1) is 0 Å². The quantitative estimate of drug-likeness (QED) is 0.789. The average molecular weight is 196 g/mol. The first-order valence-corrected chi connectivity index (χ1v) is 4.34. The first-order chi connectivity index (χ1) is 6.11. The first-order valence-electron chi connectivity index (χ1n) is 3.96. The van der Waals surface area contributed by atoms with Crippen molar-refractivity contribution in [2.75, 3.05) is 5.32 Å². The lowest BCUT2D eigenvalue weighted by molar-refractivity contribution is 0.888. The van der Waals surface area contributed by atoms with E-state index in [1.54, 1.807) is 6.07 Å². The Morgan fingerprint density at radius 2 is 2.23 bits per heavy atom.